The topological polar surface area (TPSA) is 79.1 Å². The Morgan fingerprint density at radius 1 is 1.16 bits per heavy atom. The summed E-state index contributed by atoms with van der Waals surface area (Å²) >= 11 is 0. The van der Waals surface area contributed by atoms with Gasteiger partial charge in [0.25, 0.3) is 0 Å². The first kappa shape index (κ1) is 24.4. The van der Waals surface area contributed by atoms with Crippen LogP contribution in [0.1, 0.15) is 38.1 Å². The monoisotopic (exact) mass is 426 g/mol. The highest BCUT2D eigenvalue weighted by molar-refractivity contribution is 6.12. The number of benzene rings is 1. The molecule has 1 fully saturated rings. The zero-order chi connectivity index (χ0) is 22.8. The molecule has 2 N–H and O–H groups in total. The molecule has 7 nitrogen and oxygen atoms in total. The van der Waals surface area contributed by atoms with Crippen LogP contribution in [0.3, 0.4) is 0 Å². The summed E-state index contributed by atoms with van der Waals surface area (Å²) in [6.45, 7) is 12.4. The van der Waals surface area contributed by atoms with Crippen LogP contribution in [0.4, 0.5) is 0 Å². The number of esters is 1. The number of allylic oxidation sites excluding steroid dienone is 1. The van der Waals surface area contributed by atoms with Crippen molar-refractivity contribution in [1.82, 2.24) is 14.7 Å². The van der Waals surface area contributed by atoms with Crippen LogP contribution in [0.2, 0.25) is 0 Å². The van der Waals surface area contributed by atoms with Crippen LogP contribution in [-0.2, 0) is 9.53 Å². The van der Waals surface area contributed by atoms with Crippen LogP contribution in [-0.4, -0.2) is 78.5 Å². The van der Waals surface area contributed by atoms with Gasteiger partial charge in [0, 0.05) is 37.8 Å². The van der Waals surface area contributed by atoms with Crippen molar-refractivity contribution < 1.29 is 14.3 Å². The lowest BCUT2D eigenvalue weighted by Crippen LogP contribution is -2.52. The van der Waals surface area contributed by atoms with Crippen molar-refractivity contribution in [1.29, 1.82) is 0 Å². The lowest BCUT2D eigenvalue weighted by atomic mass is 10.1. The van der Waals surface area contributed by atoms with Gasteiger partial charge in [0.15, 0.2) is 5.70 Å². The normalized spacial score (nSPS) is 15.6. The smallest absolute Gasteiger partial charge is 0.356 e. The first-order valence-corrected chi connectivity index (χ1v) is 10.8. The highest BCUT2D eigenvalue weighted by atomic mass is 16.5. The number of ether oxygens (including phenoxy) is 1. The Labute approximate surface area is 185 Å². The van der Waals surface area contributed by atoms with Crippen molar-refractivity contribution in [3.05, 3.63) is 47.3 Å². The van der Waals surface area contributed by atoms with E-state index in [0.717, 1.165) is 26.2 Å². The minimum absolute atomic E-state index is 0.0738. The van der Waals surface area contributed by atoms with E-state index in [0.29, 0.717) is 18.3 Å². The quantitative estimate of drug-likeness (QED) is 0.280. The maximum absolute atomic E-state index is 13.0. The standard InChI is InChI=1S/C24H34N4O3/c1-5-7-13-28(18-26-14-16-27(17-15-26)19(3)4)22(24(30)31-6-2)21(25)23(29)20-11-9-8-10-12-20/h8-12,19H,6,13-18,25H2,1-4H3/b22-21-. The largest absolute Gasteiger partial charge is 0.461 e. The summed E-state index contributed by atoms with van der Waals surface area (Å²) in [5, 5.41) is 0. The molecule has 0 aliphatic carbocycles. The Hall–Kier alpha value is -2.82. The second-order valence-corrected chi connectivity index (χ2v) is 7.69. The number of nitrogens with two attached hydrogens (primary N) is 1. The molecule has 0 unspecified atom stereocenters. The lowest BCUT2D eigenvalue weighted by Gasteiger charge is -2.39. The van der Waals surface area contributed by atoms with E-state index in [1.54, 1.807) is 43.0 Å². The Morgan fingerprint density at radius 3 is 2.35 bits per heavy atom. The number of hydrogen-bond acceptors (Lipinski definition) is 7. The van der Waals surface area contributed by atoms with Crippen molar-refractivity contribution in [2.45, 2.75) is 33.7 Å². The molecule has 0 amide bonds. The number of carbonyl (C=O) groups excluding carboxylic acids is 2. The van der Waals surface area contributed by atoms with Crippen LogP contribution < -0.4 is 5.73 Å². The molecule has 1 heterocycles. The van der Waals surface area contributed by atoms with E-state index >= 15 is 0 Å². The van der Waals surface area contributed by atoms with Gasteiger partial charge in [0.1, 0.15) is 5.70 Å². The van der Waals surface area contributed by atoms with Gasteiger partial charge in [-0.25, -0.2) is 4.79 Å². The van der Waals surface area contributed by atoms with E-state index in [2.05, 4.69) is 35.5 Å². The average molecular weight is 427 g/mol. The maximum Gasteiger partial charge on any atom is 0.356 e. The lowest BCUT2D eigenvalue weighted by molar-refractivity contribution is -0.140. The molecule has 168 valence electrons. The minimum Gasteiger partial charge on any atom is -0.461 e. The molecule has 1 aromatic rings. The van der Waals surface area contributed by atoms with Crippen LogP contribution in [0, 0.1) is 11.8 Å². The molecule has 0 bridgehead atoms. The molecule has 0 saturated carbocycles. The van der Waals surface area contributed by atoms with Crippen LogP contribution in [0.25, 0.3) is 0 Å². The van der Waals surface area contributed by atoms with Gasteiger partial charge in [-0.15, -0.1) is 5.92 Å². The average Bonchev–Trinajstić information content (AvgIpc) is 2.78. The third-order valence-corrected chi connectivity index (χ3v) is 5.28. The molecular formula is C24H34N4O3. The second-order valence-electron chi connectivity index (χ2n) is 7.69. The molecule has 0 aromatic heterocycles. The number of piperazine rings is 1. The van der Waals surface area contributed by atoms with Gasteiger partial charge in [0.2, 0.25) is 5.78 Å². The molecule has 0 atom stereocenters. The molecule has 1 saturated heterocycles. The first-order chi connectivity index (χ1) is 14.9. The van der Waals surface area contributed by atoms with E-state index in [1.807, 2.05) is 6.07 Å². The highest BCUT2D eigenvalue weighted by Crippen LogP contribution is 2.16. The zero-order valence-electron chi connectivity index (χ0n) is 19.1. The van der Waals surface area contributed by atoms with E-state index in [9.17, 15) is 9.59 Å². The molecule has 7 heteroatoms. The van der Waals surface area contributed by atoms with E-state index in [1.165, 1.54) is 0 Å². The first-order valence-electron chi connectivity index (χ1n) is 10.8. The summed E-state index contributed by atoms with van der Waals surface area (Å²) < 4.78 is 5.26. The third-order valence-electron chi connectivity index (χ3n) is 5.28. The van der Waals surface area contributed by atoms with Crippen molar-refractivity contribution in [2.75, 3.05) is 46.0 Å². The van der Waals surface area contributed by atoms with Gasteiger partial charge in [-0.1, -0.05) is 36.3 Å². The molecule has 31 heavy (non-hydrogen) atoms. The summed E-state index contributed by atoms with van der Waals surface area (Å²) in [4.78, 5) is 32.3. The summed E-state index contributed by atoms with van der Waals surface area (Å²) in [5.41, 5.74) is 6.65. The Balaban J connectivity index is 2.34. The fourth-order valence-corrected chi connectivity index (χ4v) is 3.50. The van der Waals surface area contributed by atoms with E-state index in [4.69, 9.17) is 10.5 Å². The minimum atomic E-state index is -0.608. The van der Waals surface area contributed by atoms with Crippen molar-refractivity contribution in [3.8, 4) is 11.8 Å². The van der Waals surface area contributed by atoms with Gasteiger partial charge < -0.3 is 15.4 Å². The molecule has 0 spiro atoms. The van der Waals surface area contributed by atoms with Gasteiger partial charge >= 0.3 is 5.97 Å². The maximum atomic E-state index is 13.0. The number of nitrogens with zero attached hydrogens (tertiary/aromatic N) is 3. The summed E-state index contributed by atoms with van der Waals surface area (Å²) in [6, 6.07) is 9.21. The third kappa shape index (κ3) is 6.84. The van der Waals surface area contributed by atoms with Crippen LogP contribution in [0.5, 0.6) is 0 Å². The molecular weight excluding hydrogens is 392 g/mol. The fourth-order valence-electron chi connectivity index (χ4n) is 3.50. The van der Waals surface area contributed by atoms with Crippen molar-refractivity contribution >= 4 is 11.8 Å². The van der Waals surface area contributed by atoms with Crippen molar-refractivity contribution in [2.24, 2.45) is 5.73 Å². The second kappa shape index (κ2) is 12.1. The van der Waals surface area contributed by atoms with Gasteiger partial charge in [-0.05, 0) is 27.7 Å². The van der Waals surface area contributed by atoms with Gasteiger partial charge in [0.05, 0.1) is 19.8 Å². The fraction of sp³-hybridized carbons (Fsp3) is 0.500. The van der Waals surface area contributed by atoms with E-state index < -0.39 is 11.8 Å². The van der Waals surface area contributed by atoms with E-state index in [-0.39, 0.29) is 24.5 Å². The summed E-state index contributed by atoms with van der Waals surface area (Å²) in [5.74, 6) is 4.86. The predicted molar refractivity (Wildman–Crippen MR) is 122 cm³/mol. The Kier molecular flexibility index (Phi) is 9.57. The molecule has 1 aliphatic rings. The van der Waals surface area contributed by atoms with Gasteiger partial charge in [-0.2, -0.15) is 0 Å². The van der Waals surface area contributed by atoms with Crippen LogP contribution >= 0.6 is 0 Å². The Bertz CT molecular complexity index is 831. The number of carbonyl (C=O) groups is 2. The predicted octanol–water partition coefficient (Wildman–Crippen LogP) is 1.91. The van der Waals surface area contributed by atoms with Crippen LogP contribution in [0.15, 0.2) is 41.7 Å². The number of ketones is 1. The SMILES string of the molecule is CC#CCN(CN1CCN(C(C)C)CC1)/C(C(=O)OCC)=C(\N)C(=O)c1ccccc1. The Morgan fingerprint density at radius 2 is 1.81 bits per heavy atom. The number of Topliss-reactive ketones (excluding diaryl/α,β-unsaturated/α-hetero) is 1. The number of hydrogen-bond donors (Lipinski definition) is 1. The summed E-state index contributed by atoms with van der Waals surface area (Å²) in [6.07, 6.45) is 0. The zero-order valence-corrected chi connectivity index (χ0v) is 19.1. The molecule has 1 aromatic carbocycles. The molecule has 2 rings (SSSR count). The molecule has 0 radical (unpaired) electrons. The van der Waals surface area contributed by atoms with Crippen molar-refractivity contribution in [3.63, 3.8) is 0 Å². The number of rotatable bonds is 9. The molecule has 1 aliphatic heterocycles. The van der Waals surface area contributed by atoms with Gasteiger partial charge in [-0.3, -0.25) is 14.6 Å². The highest BCUT2D eigenvalue weighted by Gasteiger charge is 2.28. The summed E-state index contributed by atoms with van der Waals surface area (Å²) in [7, 11) is 0.